The average molecular weight is 288 g/mol. The topological polar surface area (TPSA) is 38.9 Å². The summed E-state index contributed by atoms with van der Waals surface area (Å²) in [5, 5.41) is 1.57. The molecule has 3 aromatic rings. The van der Waals surface area contributed by atoms with Crippen molar-refractivity contribution in [3.63, 3.8) is 0 Å². The second-order valence-corrected chi connectivity index (χ2v) is 4.71. The fourth-order valence-electron chi connectivity index (χ4n) is 2.39. The summed E-state index contributed by atoms with van der Waals surface area (Å²) in [6.07, 6.45) is 3.11. The molecule has 0 spiro atoms. The zero-order valence-corrected chi connectivity index (χ0v) is 10.9. The molecule has 1 heterocycles. The first kappa shape index (κ1) is 13.6. The summed E-state index contributed by atoms with van der Waals surface area (Å²) < 4.78 is 40.7. The van der Waals surface area contributed by atoms with Crippen LogP contribution in [0.4, 0.5) is 13.2 Å². The lowest BCUT2D eigenvalue weighted by molar-refractivity contribution is 0.515. The third kappa shape index (κ3) is 2.36. The van der Waals surface area contributed by atoms with Gasteiger partial charge in [0.2, 0.25) is 0 Å². The number of hydrogen-bond acceptors (Lipinski definition) is 2. The van der Waals surface area contributed by atoms with E-state index in [-0.39, 0.29) is 5.56 Å². The van der Waals surface area contributed by atoms with E-state index in [0.29, 0.717) is 17.7 Å². The van der Waals surface area contributed by atoms with Crippen molar-refractivity contribution in [1.82, 2.24) is 4.98 Å². The van der Waals surface area contributed by atoms with Gasteiger partial charge in [0.1, 0.15) is 17.5 Å². The van der Waals surface area contributed by atoms with Crippen LogP contribution in [0.3, 0.4) is 0 Å². The summed E-state index contributed by atoms with van der Waals surface area (Å²) in [4.78, 5) is 4.04. The van der Waals surface area contributed by atoms with Crippen molar-refractivity contribution >= 4 is 10.8 Å². The highest BCUT2D eigenvalue weighted by molar-refractivity contribution is 5.85. The molecule has 21 heavy (non-hydrogen) atoms. The van der Waals surface area contributed by atoms with E-state index in [9.17, 15) is 13.2 Å². The standard InChI is InChI=1S/C16H11F3N2/c17-10-5-13(18)15(14(19)6-10)16(20)12-8-21-7-9-3-1-2-4-11(9)12/h1-8,16H,20H2. The Kier molecular flexibility index (Phi) is 3.35. The van der Waals surface area contributed by atoms with Crippen LogP contribution in [0.1, 0.15) is 17.2 Å². The molecule has 0 saturated carbocycles. The molecule has 1 unspecified atom stereocenters. The Bertz CT molecular complexity index is 789. The predicted octanol–water partition coefficient (Wildman–Crippen LogP) is 3.70. The molecule has 0 radical (unpaired) electrons. The van der Waals surface area contributed by atoms with Crippen LogP contribution >= 0.6 is 0 Å². The maximum absolute atomic E-state index is 13.9. The molecule has 0 saturated heterocycles. The number of nitrogens with two attached hydrogens (primary N) is 1. The quantitative estimate of drug-likeness (QED) is 0.781. The zero-order valence-electron chi connectivity index (χ0n) is 10.9. The summed E-state index contributed by atoms with van der Waals surface area (Å²) >= 11 is 0. The van der Waals surface area contributed by atoms with Gasteiger partial charge in [-0.25, -0.2) is 13.2 Å². The molecule has 1 atom stereocenters. The summed E-state index contributed by atoms with van der Waals surface area (Å²) in [6.45, 7) is 0. The number of nitrogens with zero attached hydrogens (tertiary/aromatic N) is 1. The third-order valence-electron chi connectivity index (χ3n) is 3.39. The molecular weight excluding hydrogens is 277 g/mol. The maximum Gasteiger partial charge on any atom is 0.134 e. The normalized spacial score (nSPS) is 12.6. The summed E-state index contributed by atoms with van der Waals surface area (Å²) in [5.41, 5.74) is 6.11. The van der Waals surface area contributed by atoms with Gasteiger partial charge in [-0.1, -0.05) is 24.3 Å². The molecule has 0 aliphatic heterocycles. The zero-order chi connectivity index (χ0) is 15.0. The Labute approximate surface area is 119 Å². The van der Waals surface area contributed by atoms with Crippen LogP contribution in [0.15, 0.2) is 48.8 Å². The fraction of sp³-hybridized carbons (Fsp3) is 0.0625. The molecule has 2 nitrogen and oxygen atoms in total. The molecule has 1 aromatic heterocycles. The predicted molar refractivity (Wildman–Crippen MR) is 74.1 cm³/mol. The lowest BCUT2D eigenvalue weighted by Crippen LogP contribution is -2.16. The van der Waals surface area contributed by atoms with E-state index in [1.54, 1.807) is 18.3 Å². The van der Waals surface area contributed by atoms with Gasteiger partial charge in [0.15, 0.2) is 0 Å². The van der Waals surface area contributed by atoms with E-state index in [2.05, 4.69) is 4.98 Å². The average Bonchev–Trinajstić information content (AvgIpc) is 2.45. The van der Waals surface area contributed by atoms with E-state index >= 15 is 0 Å². The van der Waals surface area contributed by atoms with Gasteiger partial charge in [-0.3, -0.25) is 4.98 Å². The number of benzene rings is 2. The lowest BCUT2D eigenvalue weighted by Gasteiger charge is -2.16. The van der Waals surface area contributed by atoms with Crippen molar-refractivity contribution in [2.75, 3.05) is 0 Å². The van der Waals surface area contributed by atoms with Crippen molar-refractivity contribution in [3.05, 3.63) is 77.4 Å². The Balaban J connectivity index is 2.20. The minimum absolute atomic E-state index is 0.366. The van der Waals surface area contributed by atoms with Crippen LogP contribution < -0.4 is 5.73 Å². The van der Waals surface area contributed by atoms with Gasteiger partial charge in [-0.05, 0) is 10.9 Å². The highest BCUT2D eigenvalue weighted by Crippen LogP contribution is 2.29. The molecule has 0 bridgehead atoms. The van der Waals surface area contributed by atoms with Crippen molar-refractivity contribution in [1.29, 1.82) is 0 Å². The van der Waals surface area contributed by atoms with Gasteiger partial charge in [-0.15, -0.1) is 0 Å². The highest BCUT2D eigenvalue weighted by atomic mass is 19.1. The summed E-state index contributed by atoms with van der Waals surface area (Å²) in [5.74, 6) is -2.99. The summed E-state index contributed by atoms with van der Waals surface area (Å²) in [6, 6.07) is 7.44. The van der Waals surface area contributed by atoms with Crippen molar-refractivity contribution in [3.8, 4) is 0 Å². The highest BCUT2D eigenvalue weighted by Gasteiger charge is 2.21. The van der Waals surface area contributed by atoms with E-state index in [1.807, 2.05) is 12.1 Å². The first-order valence-electron chi connectivity index (χ1n) is 6.30. The molecule has 0 aliphatic carbocycles. The lowest BCUT2D eigenvalue weighted by atomic mass is 9.95. The van der Waals surface area contributed by atoms with Crippen molar-refractivity contribution < 1.29 is 13.2 Å². The molecule has 106 valence electrons. The molecule has 3 rings (SSSR count). The van der Waals surface area contributed by atoms with Crippen LogP contribution in [-0.4, -0.2) is 4.98 Å². The Morgan fingerprint density at radius 3 is 2.33 bits per heavy atom. The molecule has 0 amide bonds. The van der Waals surface area contributed by atoms with E-state index in [4.69, 9.17) is 5.73 Å². The van der Waals surface area contributed by atoms with E-state index < -0.39 is 23.5 Å². The van der Waals surface area contributed by atoms with E-state index in [0.717, 1.165) is 10.8 Å². The van der Waals surface area contributed by atoms with E-state index in [1.165, 1.54) is 6.20 Å². The van der Waals surface area contributed by atoms with Gasteiger partial charge < -0.3 is 5.73 Å². The van der Waals surface area contributed by atoms with Gasteiger partial charge in [0, 0.05) is 35.5 Å². The smallest absolute Gasteiger partial charge is 0.134 e. The molecule has 2 aromatic carbocycles. The number of aromatic nitrogens is 1. The van der Waals surface area contributed by atoms with Crippen LogP contribution in [-0.2, 0) is 0 Å². The maximum atomic E-state index is 13.9. The Morgan fingerprint density at radius 1 is 0.952 bits per heavy atom. The van der Waals surface area contributed by atoms with Crippen molar-refractivity contribution in [2.45, 2.75) is 6.04 Å². The number of pyridine rings is 1. The summed E-state index contributed by atoms with van der Waals surface area (Å²) in [7, 11) is 0. The molecule has 0 aliphatic rings. The van der Waals surface area contributed by atoms with Crippen LogP contribution in [0.5, 0.6) is 0 Å². The van der Waals surface area contributed by atoms with Gasteiger partial charge in [0.25, 0.3) is 0 Å². The third-order valence-corrected chi connectivity index (χ3v) is 3.39. The number of halogens is 3. The number of hydrogen-bond donors (Lipinski definition) is 1. The monoisotopic (exact) mass is 288 g/mol. The minimum Gasteiger partial charge on any atom is -0.320 e. The van der Waals surface area contributed by atoms with Crippen LogP contribution in [0.25, 0.3) is 10.8 Å². The van der Waals surface area contributed by atoms with Gasteiger partial charge >= 0.3 is 0 Å². The molecular formula is C16H11F3N2. The molecule has 0 fully saturated rings. The van der Waals surface area contributed by atoms with Crippen molar-refractivity contribution in [2.24, 2.45) is 5.73 Å². The minimum atomic E-state index is -1.07. The molecule has 5 heteroatoms. The number of fused-ring (bicyclic) bond motifs is 1. The first-order chi connectivity index (χ1) is 10.1. The Hall–Kier alpha value is -2.40. The second-order valence-electron chi connectivity index (χ2n) is 4.71. The van der Waals surface area contributed by atoms with Gasteiger partial charge in [-0.2, -0.15) is 0 Å². The Morgan fingerprint density at radius 2 is 1.62 bits per heavy atom. The van der Waals surface area contributed by atoms with Crippen LogP contribution in [0, 0.1) is 17.5 Å². The van der Waals surface area contributed by atoms with Gasteiger partial charge in [0.05, 0.1) is 6.04 Å². The molecule has 2 N–H and O–H groups in total. The number of rotatable bonds is 2. The largest absolute Gasteiger partial charge is 0.320 e. The fourth-order valence-corrected chi connectivity index (χ4v) is 2.39. The SMILES string of the molecule is NC(c1c(F)cc(F)cc1F)c1cncc2ccccc12. The second kappa shape index (κ2) is 5.18. The van der Waals surface area contributed by atoms with Crippen LogP contribution in [0.2, 0.25) is 0 Å². The first-order valence-corrected chi connectivity index (χ1v) is 6.30.